The van der Waals surface area contributed by atoms with E-state index >= 15 is 0 Å². The number of aromatic nitrogens is 3. The Bertz CT molecular complexity index is 1700. The number of amides is 3. The highest BCUT2D eigenvalue weighted by Crippen LogP contribution is 2.41. The Morgan fingerprint density at radius 1 is 1.02 bits per heavy atom. The Morgan fingerprint density at radius 2 is 1.76 bits per heavy atom. The van der Waals surface area contributed by atoms with Crippen molar-refractivity contribution in [2.75, 3.05) is 50.5 Å². The third-order valence-electron chi connectivity index (χ3n) is 9.20. The van der Waals surface area contributed by atoms with Crippen molar-refractivity contribution in [3.8, 4) is 16.3 Å². The lowest BCUT2D eigenvalue weighted by atomic mass is 9.49. The summed E-state index contributed by atoms with van der Waals surface area (Å²) in [5, 5.41) is 14.9. The van der Waals surface area contributed by atoms with Gasteiger partial charge in [0.1, 0.15) is 9.88 Å². The number of aryl methyl sites for hydroxylation is 1. The average Bonchev–Trinajstić information content (AvgIpc) is 3.66. The number of hydrogen-bond acceptors (Lipinski definition) is 10. The number of carbonyl (C=O) groups excluding carboxylic acids is 3. The third-order valence-corrected chi connectivity index (χ3v) is 10.4. The minimum Gasteiger partial charge on any atom is -0.494 e. The monoisotopic (exact) mass is 676 g/mol. The van der Waals surface area contributed by atoms with Crippen molar-refractivity contribution >= 4 is 69.8 Å². The van der Waals surface area contributed by atoms with Gasteiger partial charge in [-0.3, -0.25) is 14.4 Å². The van der Waals surface area contributed by atoms with Gasteiger partial charge in [0, 0.05) is 25.1 Å². The number of rotatable bonds is 12. The average molecular weight is 676 g/mol. The van der Waals surface area contributed by atoms with E-state index in [1.165, 1.54) is 56.9 Å². The van der Waals surface area contributed by atoms with E-state index in [1.807, 2.05) is 17.9 Å². The van der Waals surface area contributed by atoms with Gasteiger partial charge in [-0.25, -0.2) is 4.98 Å². The van der Waals surface area contributed by atoms with Crippen molar-refractivity contribution in [3.05, 3.63) is 40.5 Å². The van der Waals surface area contributed by atoms with Crippen LogP contribution in [0.15, 0.2) is 24.3 Å². The van der Waals surface area contributed by atoms with Gasteiger partial charge in [0.2, 0.25) is 5.91 Å². The lowest BCUT2D eigenvalue weighted by molar-refractivity contribution is -0.117. The van der Waals surface area contributed by atoms with Crippen LogP contribution < -0.4 is 20.7 Å². The molecule has 6 rings (SSSR count). The highest BCUT2D eigenvalue weighted by atomic mass is 32.1. The van der Waals surface area contributed by atoms with Crippen molar-refractivity contribution < 1.29 is 19.1 Å². The van der Waals surface area contributed by atoms with Crippen molar-refractivity contribution in [1.29, 1.82) is 0 Å². The van der Waals surface area contributed by atoms with Crippen molar-refractivity contribution in [2.24, 2.45) is 11.8 Å². The molecule has 1 saturated carbocycles. The van der Waals surface area contributed by atoms with Crippen LogP contribution >= 0.6 is 11.3 Å². The molecule has 0 unspecified atom stereocenters. The molecule has 0 atom stereocenters. The molecular weight excluding hydrogens is 637 g/mol. The Kier molecular flexibility index (Phi) is 10.6. The third kappa shape index (κ3) is 8.64. The second-order valence-electron chi connectivity index (χ2n) is 13.2. The molecule has 3 aromatic rings. The number of methoxy groups -OCH3 is 1. The van der Waals surface area contributed by atoms with Crippen LogP contribution in [0.25, 0.3) is 10.6 Å². The molecule has 2 aromatic heterocycles. The minimum atomic E-state index is -2.01. The molecule has 3 aliphatic rings. The van der Waals surface area contributed by atoms with Gasteiger partial charge in [-0.1, -0.05) is 11.3 Å². The maximum Gasteiger partial charge on any atom is 0.272 e. The van der Waals surface area contributed by atoms with Crippen LogP contribution in [0.4, 0.5) is 17.2 Å². The molecule has 1 aliphatic carbocycles. The van der Waals surface area contributed by atoms with Crippen LogP contribution in [-0.4, -0.2) is 111 Å². The molecule has 4 heterocycles. The van der Waals surface area contributed by atoms with Gasteiger partial charge in [0.25, 0.3) is 11.8 Å². The van der Waals surface area contributed by atoms with E-state index in [0.29, 0.717) is 38.5 Å². The molecule has 3 fully saturated rings. The molecule has 12 nitrogen and oxygen atoms in total. The first-order valence-corrected chi connectivity index (χ1v) is 17.6. The summed E-state index contributed by atoms with van der Waals surface area (Å²) in [5.74, 6) is 0.202. The predicted octanol–water partition coefficient (Wildman–Crippen LogP) is 3.19. The quantitative estimate of drug-likeness (QED) is 0.247. The lowest BCUT2D eigenvalue weighted by Gasteiger charge is -2.32. The van der Waals surface area contributed by atoms with Crippen molar-refractivity contribution in [3.63, 3.8) is 0 Å². The fourth-order valence-corrected chi connectivity index (χ4v) is 7.42. The largest absolute Gasteiger partial charge is 0.494 e. The Morgan fingerprint density at radius 3 is 2.43 bits per heavy atom. The zero-order valence-electron chi connectivity index (χ0n) is 28.0. The van der Waals surface area contributed by atoms with E-state index in [4.69, 9.17) is 33.3 Å². The molecule has 6 radical (unpaired) electrons. The van der Waals surface area contributed by atoms with Crippen LogP contribution in [0.3, 0.4) is 0 Å². The van der Waals surface area contributed by atoms with Gasteiger partial charge in [0.15, 0.2) is 17.3 Å². The lowest BCUT2D eigenvalue weighted by Crippen LogP contribution is -2.50. The normalized spacial score (nSPS) is 17.1. The molecule has 1 aromatic carbocycles. The molecule has 0 bridgehead atoms. The van der Waals surface area contributed by atoms with Crippen LogP contribution in [0.1, 0.15) is 70.8 Å². The molecular formula is C33H39B3N8O4S. The summed E-state index contributed by atoms with van der Waals surface area (Å²) < 4.78 is 5.86. The number of anilines is 3. The van der Waals surface area contributed by atoms with Gasteiger partial charge in [-0.15, -0.1) is 21.5 Å². The first-order chi connectivity index (χ1) is 23.5. The minimum absolute atomic E-state index is 0.00237. The maximum atomic E-state index is 13.7. The number of ether oxygens (including phenoxy) is 1. The van der Waals surface area contributed by atoms with Gasteiger partial charge in [-0.05, 0) is 89.6 Å². The van der Waals surface area contributed by atoms with Gasteiger partial charge >= 0.3 is 0 Å². The second-order valence-corrected chi connectivity index (χ2v) is 14.2. The first kappa shape index (κ1) is 34.9. The number of nitrogens with zero attached hydrogens (tertiary/aromatic N) is 5. The standard InChI is InChI=1S/C33H39B3N8O4S/c1-19-28(32(47)44-16-11-20(12-17-44)10-15-43-13-3-4-14-43)49-31(37-19)22-6-5-7-23(27(22)48-2)38-24-18-25(39-29(45)21-8-9-21)41-42-26(24)30(46)40-33(34,35)36/h5-7,18,20-21H,3-4,8-17H2,1-2H3,(H,40,46)(H2,38,39,41,45). The SMILES string of the molecule is [B]C([B])([B])NC(=O)c1nnc(NC(=O)C2CC2)cc1Nc1cccc(-c2nc(C)c(C(=O)N3CCC(CCN4CCCC4)CC3)s2)c1OC. The summed E-state index contributed by atoms with van der Waals surface area (Å²) in [6.45, 7) is 6.93. The number of piperidine rings is 1. The highest BCUT2D eigenvalue weighted by Gasteiger charge is 2.31. The number of benzene rings is 1. The van der Waals surface area contributed by atoms with E-state index in [1.54, 1.807) is 12.1 Å². The smallest absolute Gasteiger partial charge is 0.272 e. The Balaban J connectivity index is 1.20. The topological polar surface area (TPSA) is 142 Å². The molecule has 2 aliphatic heterocycles. The fourth-order valence-electron chi connectivity index (χ4n) is 6.36. The van der Waals surface area contributed by atoms with E-state index in [-0.39, 0.29) is 34.9 Å². The predicted molar refractivity (Wildman–Crippen MR) is 192 cm³/mol. The van der Waals surface area contributed by atoms with Crippen LogP contribution in [-0.2, 0) is 4.79 Å². The summed E-state index contributed by atoms with van der Waals surface area (Å²) in [6, 6.07) is 6.90. The molecule has 49 heavy (non-hydrogen) atoms. The van der Waals surface area contributed by atoms with Crippen LogP contribution in [0.5, 0.6) is 5.75 Å². The highest BCUT2D eigenvalue weighted by molar-refractivity contribution is 7.17. The molecule has 250 valence electrons. The van der Waals surface area contributed by atoms with Crippen LogP contribution in [0.2, 0.25) is 0 Å². The second kappa shape index (κ2) is 14.9. The molecule has 0 spiro atoms. The molecule has 3 amide bonds. The zero-order valence-corrected chi connectivity index (χ0v) is 28.8. The first-order valence-electron chi connectivity index (χ1n) is 16.8. The van der Waals surface area contributed by atoms with Crippen LogP contribution in [0, 0.1) is 18.8 Å². The van der Waals surface area contributed by atoms with E-state index in [2.05, 4.69) is 31.0 Å². The molecule has 2 saturated heterocycles. The number of likely N-dealkylation sites (tertiary alicyclic amines) is 2. The summed E-state index contributed by atoms with van der Waals surface area (Å²) in [5.41, 5.74) is 1.80. The number of thiazole rings is 1. The van der Waals surface area contributed by atoms with Gasteiger partial charge < -0.3 is 30.5 Å². The Labute approximate surface area is 294 Å². The summed E-state index contributed by atoms with van der Waals surface area (Å²) in [7, 11) is 18.3. The summed E-state index contributed by atoms with van der Waals surface area (Å²) in [4.78, 5) is 49.1. The van der Waals surface area contributed by atoms with Crippen molar-refractivity contribution in [2.45, 2.75) is 57.1 Å². The number of hydrogen-bond donors (Lipinski definition) is 3. The number of nitrogens with one attached hydrogen (secondary N) is 3. The van der Waals surface area contributed by atoms with Crippen molar-refractivity contribution in [1.82, 2.24) is 30.3 Å². The van der Waals surface area contributed by atoms with Gasteiger partial charge in [0.05, 0.1) is 53.3 Å². The van der Waals surface area contributed by atoms with E-state index in [0.717, 1.165) is 45.3 Å². The van der Waals surface area contributed by atoms with E-state index in [9.17, 15) is 14.4 Å². The molecule has 3 N–H and O–H groups in total. The summed E-state index contributed by atoms with van der Waals surface area (Å²) in [6.07, 6.45) is 7.46. The number of para-hydroxylation sites is 1. The maximum absolute atomic E-state index is 13.7. The van der Waals surface area contributed by atoms with E-state index < -0.39 is 11.1 Å². The zero-order chi connectivity index (χ0) is 34.7. The number of carbonyl (C=O) groups is 3. The van der Waals surface area contributed by atoms with Gasteiger partial charge in [-0.2, -0.15) is 0 Å². The fraction of sp³-hybridized carbons (Fsp3) is 0.515. The summed E-state index contributed by atoms with van der Waals surface area (Å²) >= 11 is 1.33. The Hall–Kier alpha value is -3.91. The molecule has 16 heteroatoms.